The van der Waals surface area contributed by atoms with Crippen LogP contribution in [0.5, 0.6) is 0 Å². The molecule has 0 bridgehead atoms. The summed E-state index contributed by atoms with van der Waals surface area (Å²) < 4.78 is 3.00. The van der Waals surface area contributed by atoms with Gasteiger partial charge in [-0.1, -0.05) is 25.5 Å². The van der Waals surface area contributed by atoms with Gasteiger partial charge in [0.1, 0.15) is 0 Å². The average Bonchev–Trinajstić information content (AvgIpc) is 2.89. The van der Waals surface area contributed by atoms with Gasteiger partial charge in [-0.3, -0.25) is 4.68 Å². The van der Waals surface area contributed by atoms with E-state index in [4.69, 9.17) is 12.2 Å². The number of aryl methyl sites for hydroxylation is 3. The zero-order valence-electron chi connectivity index (χ0n) is 14.3. The van der Waals surface area contributed by atoms with Crippen LogP contribution in [0.15, 0.2) is 34.9 Å². The van der Waals surface area contributed by atoms with Gasteiger partial charge >= 0.3 is 0 Å². The van der Waals surface area contributed by atoms with E-state index in [2.05, 4.69) is 62.9 Å². The summed E-state index contributed by atoms with van der Waals surface area (Å²) in [5, 5.41) is 11.5. The van der Waals surface area contributed by atoms with Crippen molar-refractivity contribution >= 4 is 38.9 Å². The van der Waals surface area contributed by atoms with Crippen molar-refractivity contribution < 1.29 is 0 Å². The molecular formula is C18H25BrN4S. The topological polar surface area (TPSA) is 41.9 Å². The van der Waals surface area contributed by atoms with E-state index in [-0.39, 0.29) is 0 Å². The van der Waals surface area contributed by atoms with Gasteiger partial charge in [0.2, 0.25) is 0 Å². The first-order valence-electron chi connectivity index (χ1n) is 8.42. The molecule has 2 N–H and O–H groups in total. The van der Waals surface area contributed by atoms with Crippen LogP contribution in [-0.2, 0) is 13.0 Å². The second-order valence-corrected chi connectivity index (χ2v) is 7.12. The van der Waals surface area contributed by atoms with E-state index in [1.54, 1.807) is 0 Å². The van der Waals surface area contributed by atoms with Gasteiger partial charge in [0.25, 0.3) is 0 Å². The van der Waals surface area contributed by atoms with Crippen molar-refractivity contribution in [1.82, 2.24) is 15.1 Å². The lowest BCUT2D eigenvalue weighted by Crippen LogP contribution is -2.29. The smallest absolute Gasteiger partial charge is 0.170 e. The maximum absolute atomic E-state index is 5.34. The molecule has 0 aliphatic heterocycles. The van der Waals surface area contributed by atoms with Crippen LogP contribution in [0.3, 0.4) is 0 Å². The van der Waals surface area contributed by atoms with Gasteiger partial charge in [0.05, 0.1) is 10.2 Å². The number of halogens is 1. The normalized spacial score (nSPS) is 10.6. The molecule has 0 spiro atoms. The molecule has 0 saturated carbocycles. The summed E-state index contributed by atoms with van der Waals surface area (Å²) in [6, 6.07) is 8.50. The molecule has 2 rings (SSSR count). The summed E-state index contributed by atoms with van der Waals surface area (Å²) in [5.41, 5.74) is 3.42. The minimum absolute atomic E-state index is 0.661. The lowest BCUT2D eigenvalue weighted by atomic mass is 10.1. The third-order valence-corrected chi connectivity index (χ3v) is 4.79. The molecule has 0 fully saturated rings. The molecule has 24 heavy (non-hydrogen) atoms. The molecule has 1 aromatic carbocycles. The quantitative estimate of drug-likeness (QED) is 0.491. The molecule has 2 aromatic rings. The predicted molar refractivity (Wildman–Crippen MR) is 109 cm³/mol. The zero-order valence-corrected chi connectivity index (χ0v) is 16.7. The fraction of sp³-hybridized carbons (Fsp3) is 0.444. The highest BCUT2D eigenvalue weighted by molar-refractivity contribution is 9.10. The standard InChI is InChI=1S/C18H25BrN4S/c1-3-4-6-15-7-9-16(10-8-15)21-18(24)20-11-5-12-23-13-17(19)14(2)22-23/h7-10,13H,3-6,11-12H2,1-2H3,(H2,20,21,24). The van der Waals surface area contributed by atoms with Crippen LogP contribution in [-0.4, -0.2) is 21.4 Å². The fourth-order valence-electron chi connectivity index (χ4n) is 2.36. The third kappa shape index (κ3) is 6.24. The van der Waals surface area contributed by atoms with E-state index < -0.39 is 0 Å². The molecule has 0 aliphatic carbocycles. The molecule has 130 valence electrons. The van der Waals surface area contributed by atoms with Crippen LogP contribution in [0, 0.1) is 6.92 Å². The number of aromatic nitrogens is 2. The summed E-state index contributed by atoms with van der Waals surface area (Å²) in [7, 11) is 0. The minimum Gasteiger partial charge on any atom is -0.362 e. The summed E-state index contributed by atoms with van der Waals surface area (Å²) in [4.78, 5) is 0. The molecule has 0 aliphatic rings. The summed E-state index contributed by atoms with van der Waals surface area (Å²) >= 11 is 8.82. The van der Waals surface area contributed by atoms with E-state index in [9.17, 15) is 0 Å². The molecule has 4 nitrogen and oxygen atoms in total. The Kier molecular flexibility index (Phi) is 7.72. The van der Waals surface area contributed by atoms with Crippen molar-refractivity contribution in [2.24, 2.45) is 0 Å². The van der Waals surface area contributed by atoms with Crippen LogP contribution in [0.1, 0.15) is 37.4 Å². The van der Waals surface area contributed by atoms with E-state index in [0.717, 1.165) is 41.8 Å². The van der Waals surface area contributed by atoms with E-state index in [1.807, 2.05) is 17.8 Å². The highest BCUT2D eigenvalue weighted by atomic mass is 79.9. The van der Waals surface area contributed by atoms with Crippen molar-refractivity contribution in [3.8, 4) is 0 Å². The van der Waals surface area contributed by atoms with Gasteiger partial charge in [0, 0.05) is 25.0 Å². The maximum Gasteiger partial charge on any atom is 0.170 e. The van der Waals surface area contributed by atoms with Crippen molar-refractivity contribution in [3.05, 3.63) is 46.2 Å². The van der Waals surface area contributed by atoms with E-state index in [1.165, 1.54) is 18.4 Å². The number of hydrogen-bond acceptors (Lipinski definition) is 2. The van der Waals surface area contributed by atoms with Crippen LogP contribution in [0.4, 0.5) is 5.69 Å². The van der Waals surface area contributed by atoms with Gasteiger partial charge in [-0.15, -0.1) is 0 Å². The van der Waals surface area contributed by atoms with Crippen LogP contribution < -0.4 is 10.6 Å². The summed E-state index contributed by atoms with van der Waals surface area (Å²) in [6.45, 7) is 5.89. The Morgan fingerprint density at radius 2 is 2.00 bits per heavy atom. The molecule has 0 atom stereocenters. The average molecular weight is 409 g/mol. The number of rotatable bonds is 8. The van der Waals surface area contributed by atoms with Crippen molar-refractivity contribution in [2.45, 2.75) is 46.1 Å². The SMILES string of the molecule is CCCCc1ccc(NC(=S)NCCCn2cc(Br)c(C)n2)cc1. The van der Waals surface area contributed by atoms with Gasteiger partial charge in [-0.05, 0) is 72.0 Å². The number of nitrogens with zero attached hydrogens (tertiary/aromatic N) is 2. The monoisotopic (exact) mass is 408 g/mol. The summed E-state index contributed by atoms with van der Waals surface area (Å²) in [5.74, 6) is 0. The highest BCUT2D eigenvalue weighted by Crippen LogP contribution is 2.13. The Balaban J connectivity index is 1.67. The Bertz CT molecular complexity index is 632. The Labute approximate surface area is 158 Å². The first-order chi connectivity index (χ1) is 11.6. The molecule has 1 aromatic heterocycles. The number of thiocarbonyl (C=S) groups is 1. The van der Waals surface area contributed by atoms with Crippen LogP contribution in [0.2, 0.25) is 0 Å². The largest absolute Gasteiger partial charge is 0.362 e. The fourth-order valence-corrected chi connectivity index (χ4v) is 2.90. The number of nitrogens with one attached hydrogen (secondary N) is 2. The van der Waals surface area contributed by atoms with Gasteiger partial charge in [-0.2, -0.15) is 5.10 Å². The van der Waals surface area contributed by atoms with E-state index >= 15 is 0 Å². The lowest BCUT2D eigenvalue weighted by molar-refractivity contribution is 0.570. The summed E-state index contributed by atoms with van der Waals surface area (Å²) in [6.07, 6.45) is 6.57. The molecule has 1 heterocycles. The predicted octanol–water partition coefficient (Wildman–Crippen LogP) is 4.67. The highest BCUT2D eigenvalue weighted by Gasteiger charge is 2.02. The first kappa shape index (κ1) is 18.9. The van der Waals surface area contributed by atoms with Crippen LogP contribution >= 0.6 is 28.1 Å². The minimum atomic E-state index is 0.661. The maximum atomic E-state index is 5.34. The first-order valence-corrected chi connectivity index (χ1v) is 9.62. The Morgan fingerprint density at radius 1 is 1.25 bits per heavy atom. The van der Waals surface area contributed by atoms with Crippen molar-refractivity contribution in [1.29, 1.82) is 0 Å². The lowest BCUT2D eigenvalue weighted by Gasteiger charge is -2.11. The van der Waals surface area contributed by atoms with Gasteiger partial charge in [-0.25, -0.2) is 0 Å². The van der Waals surface area contributed by atoms with E-state index in [0.29, 0.717) is 5.11 Å². The molecular weight excluding hydrogens is 384 g/mol. The molecule has 0 radical (unpaired) electrons. The second kappa shape index (κ2) is 9.79. The molecule has 6 heteroatoms. The van der Waals surface area contributed by atoms with Gasteiger partial charge in [0.15, 0.2) is 5.11 Å². The van der Waals surface area contributed by atoms with Crippen molar-refractivity contribution in [2.75, 3.05) is 11.9 Å². The number of hydrogen-bond donors (Lipinski definition) is 2. The zero-order chi connectivity index (χ0) is 17.4. The molecule has 0 unspecified atom stereocenters. The Morgan fingerprint density at radius 3 is 2.62 bits per heavy atom. The van der Waals surface area contributed by atoms with Crippen LogP contribution in [0.25, 0.3) is 0 Å². The Hall–Kier alpha value is -1.40. The number of unbranched alkanes of at least 4 members (excludes halogenated alkanes) is 1. The third-order valence-electron chi connectivity index (χ3n) is 3.77. The van der Waals surface area contributed by atoms with Gasteiger partial charge < -0.3 is 10.6 Å². The van der Waals surface area contributed by atoms with Crippen molar-refractivity contribution in [3.63, 3.8) is 0 Å². The second-order valence-electron chi connectivity index (χ2n) is 5.86. The molecule has 0 saturated heterocycles. The molecule has 0 amide bonds. The number of benzene rings is 1. The number of anilines is 1.